The molecule has 106 valence electrons. The van der Waals surface area contributed by atoms with E-state index in [1.807, 2.05) is 20.8 Å². The summed E-state index contributed by atoms with van der Waals surface area (Å²) in [6.07, 6.45) is 0. The summed E-state index contributed by atoms with van der Waals surface area (Å²) in [6.45, 7) is 9.58. The second kappa shape index (κ2) is 5.69. The van der Waals surface area contributed by atoms with Crippen molar-refractivity contribution in [3.8, 4) is 0 Å². The first-order chi connectivity index (χ1) is 8.58. The minimum Gasteiger partial charge on any atom is -0.408 e. The van der Waals surface area contributed by atoms with Crippen LogP contribution in [0, 0.1) is 11.6 Å². The normalized spacial score (nSPS) is 12.8. The van der Waals surface area contributed by atoms with Gasteiger partial charge in [-0.25, -0.2) is 8.78 Å². The molecule has 0 fully saturated rings. The van der Waals surface area contributed by atoms with Gasteiger partial charge in [-0.2, -0.15) is 0 Å². The standard InChI is InChI=1S/C14H21F2NOSi/c1-13(2,3)19-18-14(4,5)10-7-6-9(8-17)11(15)12(10)16/h6-7H,8,17H2,1-5H3. The van der Waals surface area contributed by atoms with E-state index in [0.29, 0.717) is 0 Å². The molecule has 1 aromatic rings. The van der Waals surface area contributed by atoms with Crippen molar-refractivity contribution in [1.82, 2.24) is 0 Å². The van der Waals surface area contributed by atoms with E-state index in [9.17, 15) is 8.78 Å². The van der Waals surface area contributed by atoms with Gasteiger partial charge >= 0.3 is 0 Å². The van der Waals surface area contributed by atoms with Crippen molar-refractivity contribution in [2.24, 2.45) is 5.73 Å². The molecule has 2 N–H and O–H groups in total. The third-order valence-corrected chi connectivity index (χ3v) is 3.87. The Hall–Kier alpha value is -0.783. The SMILES string of the molecule is CC(C)(C)[Si]OC(C)(C)c1ccc(CN)c(F)c1F. The summed E-state index contributed by atoms with van der Waals surface area (Å²) in [7, 11) is 0.195. The molecule has 0 atom stereocenters. The molecule has 0 aliphatic heterocycles. The van der Waals surface area contributed by atoms with Gasteiger partial charge in [0.2, 0.25) is 9.76 Å². The molecule has 0 saturated heterocycles. The van der Waals surface area contributed by atoms with Gasteiger partial charge in [0.05, 0.1) is 5.60 Å². The zero-order valence-electron chi connectivity index (χ0n) is 12.1. The van der Waals surface area contributed by atoms with E-state index in [-0.39, 0.29) is 32.5 Å². The van der Waals surface area contributed by atoms with Gasteiger partial charge < -0.3 is 10.2 Å². The van der Waals surface area contributed by atoms with Crippen LogP contribution in [-0.2, 0) is 16.6 Å². The molecule has 0 aliphatic rings. The van der Waals surface area contributed by atoms with Gasteiger partial charge in [-0.1, -0.05) is 32.9 Å². The number of nitrogens with two attached hydrogens (primary N) is 1. The van der Waals surface area contributed by atoms with Crippen molar-refractivity contribution in [2.45, 2.75) is 51.8 Å². The van der Waals surface area contributed by atoms with Crippen molar-refractivity contribution >= 4 is 9.76 Å². The monoisotopic (exact) mass is 285 g/mol. The quantitative estimate of drug-likeness (QED) is 0.859. The lowest BCUT2D eigenvalue weighted by atomic mass is 9.96. The Labute approximate surface area is 116 Å². The molecule has 0 unspecified atom stereocenters. The van der Waals surface area contributed by atoms with Crippen molar-refractivity contribution in [3.05, 3.63) is 34.9 Å². The Morgan fingerprint density at radius 1 is 1.11 bits per heavy atom. The average molecular weight is 285 g/mol. The first-order valence-corrected chi connectivity index (χ1v) is 7.12. The lowest BCUT2D eigenvalue weighted by Gasteiger charge is -2.30. The Morgan fingerprint density at radius 3 is 2.16 bits per heavy atom. The predicted octanol–water partition coefficient (Wildman–Crippen LogP) is 3.51. The largest absolute Gasteiger partial charge is 0.408 e. The highest BCUT2D eigenvalue weighted by Gasteiger charge is 2.29. The molecule has 19 heavy (non-hydrogen) atoms. The van der Waals surface area contributed by atoms with E-state index >= 15 is 0 Å². The van der Waals surface area contributed by atoms with Gasteiger partial charge in [0, 0.05) is 17.7 Å². The molecular weight excluding hydrogens is 264 g/mol. The minimum absolute atomic E-state index is 0.0104. The molecule has 2 radical (unpaired) electrons. The van der Waals surface area contributed by atoms with Crippen LogP contribution in [0.3, 0.4) is 0 Å². The zero-order valence-corrected chi connectivity index (χ0v) is 13.1. The van der Waals surface area contributed by atoms with E-state index in [4.69, 9.17) is 10.2 Å². The lowest BCUT2D eigenvalue weighted by Crippen LogP contribution is -2.29. The molecule has 0 bridgehead atoms. The van der Waals surface area contributed by atoms with Crippen LogP contribution in [0.5, 0.6) is 0 Å². The Balaban J connectivity index is 3.05. The number of halogens is 2. The summed E-state index contributed by atoms with van der Waals surface area (Å²) >= 11 is 0. The Bertz CT molecular complexity index is 455. The second-order valence-electron chi connectivity index (χ2n) is 6.07. The highest BCUT2D eigenvalue weighted by atomic mass is 28.2. The summed E-state index contributed by atoms with van der Waals surface area (Å²) in [4.78, 5) is 0. The molecule has 0 spiro atoms. The van der Waals surface area contributed by atoms with E-state index in [1.54, 1.807) is 19.9 Å². The van der Waals surface area contributed by atoms with E-state index in [1.165, 1.54) is 6.07 Å². The minimum atomic E-state index is -0.879. The van der Waals surface area contributed by atoms with Crippen LogP contribution in [0.4, 0.5) is 8.78 Å². The van der Waals surface area contributed by atoms with Crippen LogP contribution in [-0.4, -0.2) is 9.76 Å². The molecule has 5 heteroatoms. The van der Waals surface area contributed by atoms with Crippen molar-refractivity contribution in [2.75, 3.05) is 0 Å². The molecule has 0 saturated carbocycles. The van der Waals surface area contributed by atoms with E-state index in [0.717, 1.165) is 0 Å². The van der Waals surface area contributed by atoms with Crippen LogP contribution in [0.2, 0.25) is 5.04 Å². The summed E-state index contributed by atoms with van der Waals surface area (Å²) in [5.74, 6) is -1.75. The Morgan fingerprint density at radius 2 is 1.68 bits per heavy atom. The van der Waals surface area contributed by atoms with Gasteiger partial charge in [-0.05, 0) is 18.9 Å². The topological polar surface area (TPSA) is 35.2 Å². The molecule has 0 heterocycles. The number of hydrogen-bond acceptors (Lipinski definition) is 2. The molecule has 0 amide bonds. The highest BCUT2D eigenvalue weighted by Crippen LogP contribution is 2.32. The first kappa shape index (κ1) is 16.3. The fourth-order valence-electron chi connectivity index (χ4n) is 1.55. The first-order valence-electron chi connectivity index (χ1n) is 6.21. The summed E-state index contributed by atoms with van der Waals surface area (Å²) < 4.78 is 33.6. The molecule has 0 aliphatic carbocycles. The van der Waals surface area contributed by atoms with E-state index < -0.39 is 17.2 Å². The van der Waals surface area contributed by atoms with Crippen LogP contribution < -0.4 is 5.73 Å². The third kappa shape index (κ3) is 4.09. The number of benzene rings is 1. The van der Waals surface area contributed by atoms with Crippen LogP contribution in [0.1, 0.15) is 45.7 Å². The Kier molecular flexibility index (Phi) is 4.87. The maximum atomic E-state index is 14.1. The van der Waals surface area contributed by atoms with E-state index in [2.05, 4.69) is 0 Å². The van der Waals surface area contributed by atoms with Crippen molar-refractivity contribution < 1.29 is 13.2 Å². The second-order valence-corrected chi connectivity index (χ2v) is 7.98. The fourth-order valence-corrected chi connectivity index (χ4v) is 2.22. The number of rotatable bonds is 4. The van der Waals surface area contributed by atoms with Gasteiger partial charge in [-0.15, -0.1) is 0 Å². The average Bonchev–Trinajstić information content (AvgIpc) is 2.29. The molecule has 2 nitrogen and oxygen atoms in total. The third-order valence-electron chi connectivity index (χ3n) is 2.64. The van der Waals surface area contributed by atoms with Gasteiger partial charge in [0.25, 0.3) is 0 Å². The maximum absolute atomic E-state index is 14.1. The van der Waals surface area contributed by atoms with Crippen LogP contribution >= 0.6 is 0 Å². The summed E-state index contributed by atoms with van der Waals surface area (Å²) in [6, 6.07) is 3.06. The maximum Gasteiger partial charge on any atom is 0.236 e. The number of hydrogen-bond donors (Lipinski definition) is 1. The van der Waals surface area contributed by atoms with Crippen LogP contribution in [0.25, 0.3) is 0 Å². The highest BCUT2D eigenvalue weighted by molar-refractivity contribution is 6.31. The smallest absolute Gasteiger partial charge is 0.236 e. The van der Waals surface area contributed by atoms with Gasteiger partial charge in [0.15, 0.2) is 11.6 Å². The van der Waals surface area contributed by atoms with Gasteiger partial charge in [0.1, 0.15) is 0 Å². The van der Waals surface area contributed by atoms with Crippen molar-refractivity contribution in [3.63, 3.8) is 0 Å². The van der Waals surface area contributed by atoms with Crippen LogP contribution in [0.15, 0.2) is 12.1 Å². The van der Waals surface area contributed by atoms with Crippen molar-refractivity contribution in [1.29, 1.82) is 0 Å². The fraction of sp³-hybridized carbons (Fsp3) is 0.571. The molecule has 1 rings (SSSR count). The van der Waals surface area contributed by atoms with Gasteiger partial charge in [-0.3, -0.25) is 0 Å². The lowest BCUT2D eigenvalue weighted by molar-refractivity contribution is 0.104. The summed E-state index contributed by atoms with van der Waals surface area (Å²) in [5.41, 5.74) is 4.88. The molecule has 0 aromatic heterocycles. The molecular formula is C14H21F2NOSi. The molecule has 1 aromatic carbocycles. The summed E-state index contributed by atoms with van der Waals surface area (Å²) in [5, 5.41) is -0.0104. The zero-order chi connectivity index (χ0) is 14.8. The predicted molar refractivity (Wildman–Crippen MR) is 73.8 cm³/mol.